The van der Waals surface area contributed by atoms with Gasteiger partial charge in [0.15, 0.2) is 16.3 Å². The van der Waals surface area contributed by atoms with E-state index in [1.165, 1.54) is 0 Å². The molecule has 72 valence electrons. The van der Waals surface area contributed by atoms with Crippen LogP contribution in [-0.4, -0.2) is 5.97 Å². The summed E-state index contributed by atoms with van der Waals surface area (Å²) in [6.07, 6.45) is 0. The first-order valence-corrected chi connectivity index (χ1v) is 4.32. The molecule has 6 heteroatoms. The maximum atomic E-state index is 11.2. The van der Waals surface area contributed by atoms with Gasteiger partial charge in [0, 0.05) is 4.91 Å². The van der Waals surface area contributed by atoms with E-state index >= 15 is 0 Å². The van der Waals surface area contributed by atoms with Crippen molar-refractivity contribution in [2.45, 2.75) is 6.92 Å². The number of nitrogens with zero attached hydrogens (tertiary/aromatic N) is 3. The van der Waals surface area contributed by atoms with Gasteiger partial charge in [0.25, 0.3) is 0 Å². The van der Waals surface area contributed by atoms with E-state index in [-0.39, 0.29) is 11.3 Å². The van der Waals surface area contributed by atoms with Gasteiger partial charge < -0.3 is 3.83 Å². The summed E-state index contributed by atoms with van der Waals surface area (Å²) in [6, 6.07) is 4.89. The standard InChI is InChI=1S/C8H6BrN3O2/c1-5-2-3-6(8(13)14-9)7(4-5)11-12-10/h2-4H,1H3. The minimum atomic E-state index is -0.590. The molecule has 1 rings (SSSR count). The minimum absolute atomic E-state index is 0.227. The van der Waals surface area contributed by atoms with Crippen molar-refractivity contribution in [1.29, 1.82) is 0 Å². The zero-order valence-corrected chi connectivity index (χ0v) is 8.85. The SMILES string of the molecule is Cc1ccc(C(=O)OBr)c(N=[N+]=[N-])c1. The molecule has 0 aromatic heterocycles. The summed E-state index contributed by atoms with van der Waals surface area (Å²) < 4.78 is 4.35. The van der Waals surface area contributed by atoms with Gasteiger partial charge >= 0.3 is 5.97 Å². The van der Waals surface area contributed by atoms with Crippen LogP contribution in [0.1, 0.15) is 15.9 Å². The van der Waals surface area contributed by atoms with Gasteiger partial charge in [0.2, 0.25) is 0 Å². The van der Waals surface area contributed by atoms with Crippen LogP contribution in [0, 0.1) is 6.92 Å². The maximum Gasteiger partial charge on any atom is 0.350 e. The minimum Gasteiger partial charge on any atom is -0.380 e. The van der Waals surface area contributed by atoms with E-state index in [4.69, 9.17) is 5.53 Å². The number of azide groups is 1. The van der Waals surface area contributed by atoms with Gasteiger partial charge in [-0.2, -0.15) is 0 Å². The van der Waals surface area contributed by atoms with E-state index in [9.17, 15) is 4.79 Å². The number of carbonyl (C=O) groups excluding carboxylic acids is 1. The highest BCUT2D eigenvalue weighted by atomic mass is 79.9. The Morgan fingerprint density at radius 1 is 1.64 bits per heavy atom. The Labute approximate surface area is 88.8 Å². The van der Waals surface area contributed by atoms with E-state index < -0.39 is 5.97 Å². The number of hydrogen-bond acceptors (Lipinski definition) is 3. The largest absolute Gasteiger partial charge is 0.380 e. The first-order valence-electron chi connectivity index (χ1n) is 3.67. The number of carbonyl (C=O) groups is 1. The lowest BCUT2D eigenvalue weighted by Crippen LogP contribution is -1.97. The van der Waals surface area contributed by atoms with E-state index in [2.05, 4.69) is 30.1 Å². The highest BCUT2D eigenvalue weighted by Crippen LogP contribution is 2.22. The summed E-state index contributed by atoms with van der Waals surface area (Å²) in [6.45, 7) is 1.83. The average Bonchev–Trinajstić information content (AvgIpc) is 2.17. The zero-order chi connectivity index (χ0) is 10.6. The molecule has 1 aromatic carbocycles. The zero-order valence-electron chi connectivity index (χ0n) is 7.27. The molecule has 0 spiro atoms. The lowest BCUT2D eigenvalue weighted by molar-refractivity contribution is 0.0783. The van der Waals surface area contributed by atoms with Gasteiger partial charge in [-0.05, 0) is 24.6 Å². The number of halogens is 1. The van der Waals surface area contributed by atoms with Crippen LogP contribution < -0.4 is 0 Å². The number of hydrogen-bond donors (Lipinski definition) is 0. The molecule has 0 amide bonds. The molecular formula is C8H6BrN3O2. The van der Waals surface area contributed by atoms with E-state index in [1.807, 2.05) is 6.92 Å². The molecule has 0 heterocycles. The summed E-state index contributed by atoms with van der Waals surface area (Å²) in [4.78, 5) is 13.8. The monoisotopic (exact) mass is 255 g/mol. The molecule has 0 aliphatic carbocycles. The third-order valence-corrected chi connectivity index (χ3v) is 1.89. The topological polar surface area (TPSA) is 75.1 Å². The Kier molecular flexibility index (Phi) is 3.50. The van der Waals surface area contributed by atoms with Crippen molar-refractivity contribution < 1.29 is 8.62 Å². The fourth-order valence-corrected chi connectivity index (χ4v) is 1.16. The fourth-order valence-electron chi connectivity index (χ4n) is 0.987. The Morgan fingerprint density at radius 3 is 2.93 bits per heavy atom. The highest BCUT2D eigenvalue weighted by Gasteiger charge is 2.10. The van der Waals surface area contributed by atoms with Gasteiger partial charge in [-0.15, -0.1) is 0 Å². The summed E-state index contributed by atoms with van der Waals surface area (Å²) >= 11 is 2.57. The van der Waals surface area contributed by atoms with E-state index in [0.29, 0.717) is 0 Å². The van der Waals surface area contributed by atoms with Crippen molar-refractivity contribution in [2.24, 2.45) is 5.11 Å². The van der Waals surface area contributed by atoms with Gasteiger partial charge in [0.1, 0.15) is 0 Å². The fraction of sp³-hybridized carbons (Fsp3) is 0.125. The van der Waals surface area contributed by atoms with Crippen LogP contribution in [0.5, 0.6) is 0 Å². The Morgan fingerprint density at radius 2 is 2.36 bits per heavy atom. The molecule has 1 aromatic rings. The van der Waals surface area contributed by atoms with Crippen LogP contribution in [0.2, 0.25) is 0 Å². The highest BCUT2D eigenvalue weighted by molar-refractivity contribution is 9.06. The van der Waals surface area contributed by atoms with Crippen LogP contribution >= 0.6 is 16.3 Å². The lowest BCUT2D eigenvalue weighted by atomic mass is 10.1. The van der Waals surface area contributed by atoms with Crippen LogP contribution in [0.15, 0.2) is 23.3 Å². The summed E-state index contributed by atoms with van der Waals surface area (Å²) in [7, 11) is 0. The molecule has 5 nitrogen and oxygen atoms in total. The third-order valence-electron chi connectivity index (χ3n) is 1.60. The molecule has 14 heavy (non-hydrogen) atoms. The maximum absolute atomic E-state index is 11.2. The first-order chi connectivity index (χ1) is 6.69. The van der Waals surface area contributed by atoms with Gasteiger partial charge in [-0.1, -0.05) is 16.7 Å². The van der Waals surface area contributed by atoms with Crippen LogP contribution in [0.25, 0.3) is 10.4 Å². The first kappa shape index (κ1) is 10.6. The van der Waals surface area contributed by atoms with Crippen molar-refractivity contribution in [3.8, 4) is 0 Å². The molecule has 0 unspecified atom stereocenters. The molecular weight excluding hydrogens is 250 g/mol. The molecule has 0 saturated carbocycles. The second-order valence-corrected chi connectivity index (χ2v) is 2.90. The summed E-state index contributed by atoms with van der Waals surface area (Å²) in [5.41, 5.74) is 9.67. The Balaban J connectivity index is 3.28. The van der Waals surface area contributed by atoms with Gasteiger partial charge in [0.05, 0.1) is 11.3 Å². The number of benzene rings is 1. The molecule has 0 N–H and O–H groups in total. The van der Waals surface area contributed by atoms with Crippen molar-refractivity contribution in [1.82, 2.24) is 0 Å². The second-order valence-electron chi connectivity index (χ2n) is 2.57. The Bertz CT molecular complexity index is 413. The predicted octanol–water partition coefficient (Wildman–Crippen LogP) is 3.40. The van der Waals surface area contributed by atoms with E-state index in [1.54, 1.807) is 18.2 Å². The average molecular weight is 256 g/mol. The molecule has 0 radical (unpaired) electrons. The second kappa shape index (κ2) is 4.64. The smallest absolute Gasteiger partial charge is 0.350 e. The van der Waals surface area contributed by atoms with Crippen molar-refractivity contribution >= 4 is 27.9 Å². The van der Waals surface area contributed by atoms with Crippen LogP contribution in [0.3, 0.4) is 0 Å². The number of aryl methyl sites for hydroxylation is 1. The van der Waals surface area contributed by atoms with Crippen LogP contribution in [-0.2, 0) is 3.83 Å². The summed E-state index contributed by atoms with van der Waals surface area (Å²) in [5, 5.41) is 3.40. The molecule has 0 atom stereocenters. The van der Waals surface area contributed by atoms with Crippen molar-refractivity contribution in [2.75, 3.05) is 0 Å². The molecule has 0 fully saturated rings. The Hall–Kier alpha value is -1.52. The molecule has 0 saturated heterocycles. The quantitative estimate of drug-likeness (QED) is 0.462. The normalized spacial score (nSPS) is 9.00. The van der Waals surface area contributed by atoms with Crippen LogP contribution in [0.4, 0.5) is 5.69 Å². The van der Waals surface area contributed by atoms with Crippen molar-refractivity contribution in [3.63, 3.8) is 0 Å². The molecule has 0 bridgehead atoms. The van der Waals surface area contributed by atoms with Gasteiger partial charge in [-0.25, -0.2) is 4.79 Å². The third kappa shape index (κ3) is 2.25. The summed E-state index contributed by atoms with van der Waals surface area (Å²) in [5.74, 6) is -0.590. The predicted molar refractivity (Wildman–Crippen MR) is 54.3 cm³/mol. The lowest BCUT2D eigenvalue weighted by Gasteiger charge is -2.02. The van der Waals surface area contributed by atoms with Crippen molar-refractivity contribution in [3.05, 3.63) is 39.8 Å². The van der Waals surface area contributed by atoms with E-state index in [0.717, 1.165) is 5.56 Å². The molecule has 0 aliphatic rings. The molecule has 0 aliphatic heterocycles. The number of rotatable bonds is 2. The van der Waals surface area contributed by atoms with Gasteiger partial charge in [-0.3, -0.25) is 0 Å².